The van der Waals surface area contributed by atoms with Crippen LogP contribution < -0.4 is 15.2 Å². The molecule has 0 aliphatic rings. The second kappa shape index (κ2) is 7.99. The van der Waals surface area contributed by atoms with Crippen molar-refractivity contribution in [1.82, 2.24) is 0 Å². The van der Waals surface area contributed by atoms with E-state index in [0.717, 1.165) is 23.5 Å². The molecule has 0 amide bonds. The topological polar surface area (TPSA) is 64.7 Å². The number of hydrogen-bond donors (Lipinski definition) is 2. The SMILES string of the molecule is COc1ccc(CC(C)C(N)C(O)c2ccc(OC)cc2)cc1. The molecular weight excluding hydrogens is 290 g/mol. The Labute approximate surface area is 137 Å². The lowest BCUT2D eigenvalue weighted by molar-refractivity contribution is 0.121. The largest absolute Gasteiger partial charge is 0.497 e. The quantitative estimate of drug-likeness (QED) is 0.824. The van der Waals surface area contributed by atoms with Gasteiger partial charge in [-0.25, -0.2) is 0 Å². The summed E-state index contributed by atoms with van der Waals surface area (Å²) in [6.07, 6.45) is 0.104. The van der Waals surface area contributed by atoms with E-state index in [4.69, 9.17) is 15.2 Å². The van der Waals surface area contributed by atoms with Crippen molar-refractivity contribution in [1.29, 1.82) is 0 Å². The van der Waals surface area contributed by atoms with Gasteiger partial charge in [0.05, 0.1) is 20.3 Å². The van der Waals surface area contributed by atoms with Crippen LogP contribution in [0.5, 0.6) is 11.5 Å². The molecule has 4 heteroatoms. The van der Waals surface area contributed by atoms with Crippen LogP contribution in [-0.4, -0.2) is 25.4 Å². The first-order chi connectivity index (χ1) is 11.0. The second-order valence-electron chi connectivity index (χ2n) is 5.82. The van der Waals surface area contributed by atoms with E-state index < -0.39 is 6.10 Å². The third kappa shape index (κ3) is 4.47. The second-order valence-corrected chi connectivity index (χ2v) is 5.82. The summed E-state index contributed by atoms with van der Waals surface area (Å²) in [5.41, 5.74) is 8.24. The molecule has 0 bridgehead atoms. The summed E-state index contributed by atoms with van der Waals surface area (Å²) in [4.78, 5) is 0. The summed E-state index contributed by atoms with van der Waals surface area (Å²) >= 11 is 0. The maximum atomic E-state index is 10.5. The molecule has 2 aromatic carbocycles. The van der Waals surface area contributed by atoms with Crippen LogP contribution in [0, 0.1) is 5.92 Å². The number of aliphatic hydroxyl groups excluding tert-OH is 1. The minimum absolute atomic E-state index is 0.139. The van der Waals surface area contributed by atoms with Crippen molar-refractivity contribution in [2.75, 3.05) is 14.2 Å². The summed E-state index contributed by atoms with van der Waals surface area (Å²) in [5, 5.41) is 10.5. The average Bonchev–Trinajstić information content (AvgIpc) is 2.61. The van der Waals surface area contributed by atoms with Crippen LogP contribution in [0.4, 0.5) is 0 Å². The Hall–Kier alpha value is -2.04. The smallest absolute Gasteiger partial charge is 0.118 e. The van der Waals surface area contributed by atoms with Crippen molar-refractivity contribution in [3.05, 3.63) is 59.7 Å². The van der Waals surface area contributed by atoms with Gasteiger partial charge in [-0.2, -0.15) is 0 Å². The molecule has 0 spiro atoms. The molecule has 2 aromatic rings. The predicted molar refractivity (Wildman–Crippen MR) is 91.8 cm³/mol. The Morgan fingerprint density at radius 2 is 1.39 bits per heavy atom. The van der Waals surface area contributed by atoms with Crippen molar-refractivity contribution >= 4 is 0 Å². The third-order valence-corrected chi connectivity index (χ3v) is 4.20. The molecule has 3 unspecified atom stereocenters. The Morgan fingerprint density at radius 1 is 0.913 bits per heavy atom. The maximum absolute atomic E-state index is 10.5. The molecule has 0 saturated carbocycles. The van der Waals surface area contributed by atoms with Crippen LogP contribution in [0.3, 0.4) is 0 Å². The van der Waals surface area contributed by atoms with Crippen LogP contribution in [0.15, 0.2) is 48.5 Å². The van der Waals surface area contributed by atoms with Crippen molar-refractivity contribution in [2.24, 2.45) is 11.7 Å². The average molecular weight is 315 g/mol. The highest BCUT2D eigenvalue weighted by molar-refractivity contribution is 5.30. The van der Waals surface area contributed by atoms with Crippen molar-refractivity contribution in [3.8, 4) is 11.5 Å². The van der Waals surface area contributed by atoms with Gasteiger partial charge in [0.2, 0.25) is 0 Å². The zero-order valence-corrected chi connectivity index (χ0v) is 13.9. The molecule has 0 aliphatic carbocycles. The summed E-state index contributed by atoms with van der Waals surface area (Å²) in [5.74, 6) is 1.74. The van der Waals surface area contributed by atoms with Crippen LogP contribution in [0.25, 0.3) is 0 Å². The zero-order chi connectivity index (χ0) is 16.8. The molecule has 0 saturated heterocycles. The Balaban J connectivity index is 2.00. The molecule has 0 heterocycles. The van der Waals surface area contributed by atoms with Gasteiger partial charge >= 0.3 is 0 Å². The normalized spacial score (nSPS) is 14.8. The molecular formula is C19H25NO3. The number of benzene rings is 2. The highest BCUT2D eigenvalue weighted by atomic mass is 16.5. The number of methoxy groups -OCH3 is 2. The number of ether oxygens (including phenoxy) is 2. The first-order valence-corrected chi connectivity index (χ1v) is 7.75. The number of nitrogens with two attached hydrogens (primary N) is 1. The Kier molecular flexibility index (Phi) is 6.02. The van der Waals surface area contributed by atoms with Crippen molar-refractivity contribution in [2.45, 2.75) is 25.5 Å². The van der Waals surface area contributed by atoms with Crippen LogP contribution in [0.1, 0.15) is 24.2 Å². The Bertz CT molecular complexity index is 595. The fourth-order valence-electron chi connectivity index (χ4n) is 2.60. The number of rotatable bonds is 7. The minimum Gasteiger partial charge on any atom is -0.497 e. The van der Waals surface area contributed by atoms with Crippen molar-refractivity contribution in [3.63, 3.8) is 0 Å². The van der Waals surface area contributed by atoms with E-state index in [9.17, 15) is 5.11 Å². The molecule has 0 fully saturated rings. The highest BCUT2D eigenvalue weighted by Gasteiger charge is 2.23. The van der Waals surface area contributed by atoms with E-state index in [1.165, 1.54) is 5.56 Å². The van der Waals surface area contributed by atoms with Gasteiger partial charge in [-0.1, -0.05) is 31.2 Å². The third-order valence-electron chi connectivity index (χ3n) is 4.20. The summed E-state index contributed by atoms with van der Waals surface area (Å²) < 4.78 is 10.3. The van der Waals surface area contributed by atoms with E-state index in [1.807, 2.05) is 48.5 Å². The summed E-state index contributed by atoms with van der Waals surface area (Å²) in [6.45, 7) is 2.06. The lowest BCUT2D eigenvalue weighted by Gasteiger charge is -2.25. The fraction of sp³-hybridized carbons (Fsp3) is 0.368. The predicted octanol–water partition coefficient (Wildman–Crippen LogP) is 2.94. The van der Waals surface area contributed by atoms with Gasteiger partial charge in [-0.05, 0) is 47.7 Å². The fourth-order valence-corrected chi connectivity index (χ4v) is 2.60. The molecule has 124 valence electrons. The van der Waals surface area contributed by atoms with Gasteiger partial charge < -0.3 is 20.3 Å². The van der Waals surface area contributed by atoms with E-state index >= 15 is 0 Å². The zero-order valence-electron chi connectivity index (χ0n) is 13.9. The molecule has 0 radical (unpaired) electrons. The van der Waals surface area contributed by atoms with Crippen LogP contribution >= 0.6 is 0 Å². The van der Waals surface area contributed by atoms with Crippen molar-refractivity contribution < 1.29 is 14.6 Å². The standard InChI is InChI=1S/C19H25NO3/c1-13(12-14-4-8-16(22-2)9-5-14)18(20)19(21)15-6-10-17(23-3)11-7-15/h4-11,13,18-19,21H,12,20H2,1-3H3. The van der Waals surface area contributed by atoms with Gasteiger partial charge in [-0.3, -0.25) is 0 Å². The van der Waals surface area contributed by atoms with Crippen LogP contribution in [0.2, 0.25) is 0 Å². The Morgan fingerprint density at radius 3 is 1.87 bits per heavy atom. The first kappa shape index (κ1) is 17.3. The lowest BCUT2D eigenvalue weighted by Crippen LogP contribution is -2.36. The molecule has 3 N–H and O–H groups in total. The molecule has 2 rings (SSSR count). The van der Waals surface area contributed by atoms with Gasteiger partial charge in [0.25, 0.3) is 0 Å². The van der Waals surface area contributed by atoms with Gasteiger partial charge in [0.15, 0.2) is 0 Å². The van der Waals surface area contributed by atoms with E-state index in [1.54, 1.807) is 14.2 Å². The maximum Gasteiger partial charge on any atom is 0.118 e. The van der Waals surface area contributed by atoms with E-state index in [2.05, 4.69) is 6.92 Å². The molecule has 0 aliphatic heterocycles. The van der Waals surface area contributed by atoms with Gasteiger partial charge in [0, 0.05) is 6.04 Å². The lowest BCUT2D eigenvalue weighted by atomic mass is 9.88. The minimum atomic E-state index is -0.700. The summed E-state index contributed by atoms with van der Waals surface area (Å²) in [7, 11) is 3.27. The first-order valence-electron chi connectivity index (χ1n) is 7.75. The van der Waals surface area contributed by atoms with Crippen LogP contribution in [-0.2, 0) is 6.42 Å². The van der Waals surface area contributed by atoms with Gasteiger partial charge in [0.1, 0.15) is 11.5 Å². The molecule has 0 aromatic heterocycles. The highest BCUT2D eigenvalue weighted by Crippen LogP contribution is 2.25. The molecule has 23 heavy (non-hydrogen) atoms. The number of hydrogen-bond acceptors (Lipinski definition) is 4. The summed E-state index contributed by atoms with van der Waals surface area (Å²) in [6, 6.07) is 15.0. The molecule has 4 nitrogen and oxygen atoms in total. The molecule has 3 atom stereocenters. The van der Waals surface area contributed by atoms with E-state index in [-0.39, 0.29) is 12.0 Å². The van der Waals surface area contributed by atoms with E-state index in [0.29, 0.717) is 0 Å². The van der Waals surface area contributed by atoms with Gasteiger partial charge in [-0.15, -0.1) is 0 Å². The monoisotopic (exact) mass is 315 g/mol. The number of aliphatic hydroxyl groups is 1.